The lowest BCUT2D eigenvalue weighted by Gasteiger charge is -2.04. The van der Waals surface area contributed by atoms with Crippen molar-refractivity contribution in [1.29, 1.82) is 0 Å². The van der Waals surface area contributed by atoms with E-state index < -0.39 is 11.6 Å². The molecule has 0 bridgehead atoms. The zero-order valence-electron chi connectivity index (χ0n) is 6.39. The normalized spacial score (nSPS) is 9.92. The summed E-state index contributed by atoms with van der Waals surface area (Å²) in [5.74, 6) is -1.20. The summed E-state index contributed by atoms with van der Waals surface area (Å²) in [7, 11) is 0. The van der Waals surface area contributed by atoms with Crippen molar-refractivity contribution in [2.24, 2.45) is 5.73 Å². The molecule has 0 saturated carbocycles. The van der Waals surface area contributed by atoms with Gasteiger partial charge in [-0.15, -0.1) is 0 Å². The molecule has 2 N–H and O–H groups in total. The lowest BCUT2D eigenvalue weighted by molar-refractivity contribution is 0.309. The van der Waals surface area contributed by atoms with Gasteiger partial charge in [0.15, 0.2) is 11.6 Å². The van der Waals surface area contributed by atoms with Crippen molar-refractivity contribution >= 4 is 0 Å². The molecule has 0 aliphatic heterocycles. The molecule has 0 heterocycles. The van der Waals surface area contributed by atoms with E-state index in [4.69, 9.17) is 10.5 Å². The van der Waals surface area contributed by atoms with Gasteiger partial charge in [0.25, 0.3) is 0 Å². The fraction of sp³-hybridized carbons (Fsp3) is 0.250. The Morgan fingerprint density at radius 2 is 2.08 bits per heavy atom. The second kappa shape index (κ2) is 4.01. The van der Waals surface area contributed by atoms with Crippen molar-refractivity contribution in [2.45, 2.75) is 0 Å². The number of nitrogens with two attached hydrogens (primary N) is 1. The highest BCUT2D eigenvalue weighted by Crippen LogP contribution is 2.17. The van der Waals surface area contributed by atoms with Crippen molar-refractivity contribution < 1.29 is 13.5 Å². The Balaban J connectivity index is 2.75. The molecule has 0 saturated heterocycles. The number of hydrogen-bond acceptors (Lipinski definition) is 2. The Kier molecular flexibility index (Phi) is 2.99. The van der Waals surface area contributed by atoms with E-state index in [-0.39, 0.29) is 18.9 Å². The maximum Gasteiger partial charge on any atom is 0.165 e. The molecule has 1 aromatic carbocycles. The monoisotopic (exact) mass is 173 g/mol. The van der Waals surface area contributed by atoms with Crippen molar-refractivity contribution in [3.05, 3.63) is 29.8 Å². The maximum atomic E-state index is 12.8. The van der Waals surface area contributed by atoms with Crippen LogP contribution in [0.3, 0.4) is 0 Å². The van der Waals surface area contributed by atoms with Crippen LogP contribution in [0.5, 0.6) is 5.75 Å². The molecule has 0 spiro atoms. The molecule has 0 radical (unpaired) electrons. The number of rotatable bonds is 3. The van der Waals surface area contributed by atoms with E-state index in [2.05, 4.69) is 0 Å². The van der Waals surface area contributed by atoms with Crippen LogP contribution in [0.1, 0.15) is 0 Å². The minimum absolute atomic E-state index is 0.0968. The van der Waals surface area contributed by atoms with Gasteiger partial charge in [0.05, 0.1) is 0 Å². The highest BCUT2D eigenvalue weighted by Gasteiger charge is 2.03. The summed E-state index contributed by atoms with van der Waals surface area (Å²) in [5, 5.41) is 0. The van der Waals surface area contributed by atoms with E-state index in [1.807, 2.05) is 0 Å². The smallest absolute Gasteiger partial charge is 0.165 e. The Bertz CT molecular complexity index is 265. The fourth-order valence-electron chi connectivity index (χ4n) is 0.757. The lowest BCUT2D eigenvalue weighted by atomic mass is 10.3. The number of halogens is 2. The molecule has 0 unspecified atom stereocenters. The van der Waals surface area contributed by atoms with Gasteiger partial charge in [-0.05, 0) is 12.1 Å². The highest BCUT2D eigenvalue weighted by atomic mass is 19.1. The third-order valence-electron chi connectivity index (χ3n) is 1.27. The molecule has 0 atom stereocenters. The molecular formula is C8H9F2NO. The van der Waals surface area contributed by atoms with E-state index in [1.165, 1.54) is 0 Å². The Morgan fingerprint density at radius 3 is 2.75 bits per heavy atom. The van der Waals surface area contributed by atoms with Crippen LogP contribution in [-0.4, -0.2) is 13.2 Å². The number of ether oxygens (including phenoxy) is 1. The summed E-state index contributed by atoms with van der Waals surface area (Å²) in [6.45, 7) is 0.455. The molecule has 2 nitrogen and oxygen atoms in total. The van der Waals surface area contributed by atoms with Gasteiger partial charge in [-0.1, -0.05) is 0 Å². The van der Waals surface area contributed by atoms with Crippen LogP contribution in [0.2, 0.25) is 0 Å². The fourth-order valence-corrected chi connectivity index (χ4v) is 0.757. The molecule has 66 valence electrons. The first-order valence-electron chi connectivity index (χ1n) is 3.52. The summed E-state index contributed by atoms with van der Waals surface area (Å²) in [6.07, 6.45) is 0. The first-order chi connectivity index (χ1) is 5.74. The van der Waals surface area contributed by atoms with Crippen LogP contribution in [0.25, 0.3) is 0 Å². The summed E-state index contributed by atoms with van der Waals surface area (Å²) in [5.41, 5.74) is 5.12. The minimum Gasteiger partial charge on any atom is -0.489 e. The Morgan fingerprint density at radius 1 is 1.33 bits per heavy atom. The van der Waals surface area contributed by atoms with Crippen LogP contribution in [0.4, 0.5) is 8.78 Å². The van der Waals surface area contributed by atoms with E-state index in [0.29, 0.717) is 0 Å². The lowest BCUT2D eigenvalue weighted by Crippen LogP contribution is -2.11. The predicted molar refractivity (Wildman–Crippen MR) is 40.9 cm³/mol. The number of hydrogen-bond donors (Lipinski definition) is 1. The van der Waals surface area contributed by atoms with E-state index >= 15 is 0 Å². The number of benzene rings is 1. The van der Waals surface area contributed by atoms with Gasteiger partial charge in [0, 0.05) is 12.6 Å². The van der Waals surface area contributed by atoms with Crippen molar-refractivity contribution in [3.8, 4) is 5.75 Å². The molecule has 0 aliphatic rings. The van der Waals surface area contributed by atoms with E-state index in [9.17, 15) is 8.78 Å². The summed E-state index contributed by atoms with van der Waals surface area (Å²) >= 11 is 0. The van der Waals surface area contributed by atoms with Gasteiger partial charge in [-0.2, -0.15) is 0 Å². The quantitative estimate of drug-likeness (QED) is 0.747. The topological polar surface area (TPSA) is 35.2 Å². The van der Waals surface area contributed by atoms with Gasteiger partial charge in [0.1, 0.15) is 12.4 Å². The molecule has 0 aliphatic carbocycles. The standard InChI is InChI=1S/C8H9F2NO/c9-6-1-2-7(10)8(5-6)12-4-3-11/h1-2,5H,3-4,11H2. The molecule has 0 aromatic heterocycles. The van der Waals surface area contributed by atoms with Gasteiger partial charge in [0.2, 0.25) is 0 Å². The van der Waals surface area contributed by atoms with Crippen molar-refractivity contribution in [2.75, 3.05) is 13.2 Å². The first kappa shape index (κ1) is 8.93. The SMILES string of the molecule is NCCOc1cc(F)ccc1F. The Hall–Kier alpha value is -1.16. The highest BCUT2D eigenvalue weighted by molar-refractivity contribution is 5.24. The second-order valence-electron chi connectivity index (χ2n) is 2.21. The zero-order valence-corrected chi connectivity index (χ0v) is 6.39. The summed E-state index contributed by atoms with van der Waals surface area (Å²) in [4.78, 5) is 0. The Labute approximate surface area is 68.9 Å². The van der Waals surface area contributed by atoms with Crippen LogP contribution in [0.15, 0.2) is 18.2 Å². The van der Waals surface area contributed by atoms with E-state index in [1.54, 1.807) is 0 Å². The average Bonchev–Trinajstić information content (AvgIpc) is 2.07. The van der Waals surface area contributed by atoms with Crippen LogP contribution < -0.4 is 10.5 Å². The third-order valence-corrected chi connectivity index (χ3v) is 1.27. The van der Waals surface area contributed by atoms with Gasteiger partial charge >= 0.3 is 0 Å². The van der Waals surface area contributed by atoms with Crippen molar-refractivity contribution in [1.82, 2.24) is 0 Å². The largest absolute Gasteiger partial charge is 0.489 e. The zero-order chi connectivity index (χ0) is 8.97. The predicted octanol–water partition coefficient (Wildman–Crippen LogP) is 1.30. The molecular weight excluding hydrogens is 164 g/mol. The van der Waals surface area contributed by atoms with Gasteiger partial charge in [-0.25, -0.2) is 8.78 Å². The van der Waals surface area contributed by atoms with Crippen LogP contribution in [0, 0.1) is 11.6 Å². The molecule has 12 heavy (non-hydrogen) atoms. The first-order valence-corrected chi connectivity index (χ1v) is 3.52. The maximum absolute atomic E-state index is 12.8. The van der Waals surface area contributed by atoms with E-state index in [0.717, 1.165) is 18.2 Å². The van der Waals surface area contributed by atoms with Gasteiger partial charge in [-0.3, -0.25) is 0 Å². The summed E-state index contributed by atoms with van der Waals surface area (Å²) in [6, 6.07) is 3.04. The summed E-state index contributed by atoms with van der Waals surface area (Å²) < 4.78 is 30.1. The second-order valence-corrected chi connectivity index (χ2v) is 2.21. The van der Waals surface area contributed by atoms with Gasteiger partial charge < -0.3 is 10.5 Å². The van der Waals surface area contributed by atoms with Crippen molar-refractivity contribution in [3.63, 3.8) is 0 Å². The molecule has 1 rings (SSSR count). The minimum atomic E-state index is -0.579. The average molecular weight is 173 g/mol. The molecule has 4 heteroatoms. The third kappa shape index (κ3) is 2.17. The van der Waals surface area contributed by atoms with Crippen LogP contribution in [-0.2, 0) is 0 Å². The van der Waals surface area contributed by atoms with Crippen LogP contribution >= 0.6 is 0 Å². The molecule has 0 amide bonds. The molecule has 1 aromatic rings. The molecule has 0 fully saturated rings.